The molecule has 2 aliphatic rings. The molecule has 0 unspecified atom stereocenters. The highest BCUT2D eigenvalue weighted by Gasteiger charge is 2.50. The van der Waals surface area contributed by atoms with E-state index in [0.717, 1.165) is 28.1 Å². The van der Waals surface area contributed by atoms with E-state index in [1.165, 1.54) is 6.07 Å². The number of piperidine rings is 1. The Balaban J connectivity index is 1.50. The number of hydrogen-bond acceptors (Lipinski definition) is 4. The Morgan fingerprint density at radius 3 is 2.03 bits per heavy atom. The van der Waals surface area contributed by atoms with Gasteiger partial charge in [0.05, 0.1) is 21.5 Å². The lowest BCUT2D eigenvalue weighted by molar-refractivity contribution is -0.139. The lowest BCUT2D eigenvalue weighted by Crippen LogP contribution is -2.46. The Kier molecular flexibility index (Phi) is 6.06. The van der Waals surface area contributed by atoms with Crippen molar-refractivity contribution in [1.29, 1.82) is 0 Å². The highest BCUT2D eigenvalue weighted by Crippen LogP contribution is 2.45. The van der Waals surface area contributed by atoms with E-state index in [9.17, 15) is 31.5 Å². The molecule has 0 radical (unpaired) electrons. The minimum atomic E-state index is -4.79. The fourth-order valence-corrected chi connectivity index (χ4v) is 6.45. The Labute approximate surface area is 197 Å². The molecule has 2 fully saturated rings. The summed E-state index contributed by atoms with van der Waals surface area (Å²) >= 11 is 0. The molecule has 2 aliphatic heterocycles. The van der Waals surface area contributed by atoms with E-state index >= 15 is 0 Å². The van der Waals surface area contributed by atoms with Crippen molar-refractivity contribution >= 4 is 21.6 Å². The van der Waals surface area contributed by atoms with E-state index in [1.807, 2.05) is 0 Å². The Bertz CT molecular complexity index is 1180. The molecular weight excluding hydrogens is 469 g/mol. The molecule has 0 atom stereocenters. The summed E-state index contributed by atoms with van der Waals surface area (Å²) in [4.78, 5) is 14.2. The van der Waals surface area contributed by atoms with Crippen LogP contribution in [0.25, 0.3) is 0 Å². The number of benzene rings is 2. The Morgan fingerprint density at radius 1 is 0.912 bits per heavy atom. The minimum absolute atomic E-state index is 0.0221. The van der Waals surface area contributed by atoms with Crippen molar-refractivity contribution in [2.75, 3.05) is 24.5 Å². The van der Waals surface area contributed by atoms with Crippen molar-refractivity contribution in [2.45, 2.75) is 49.8 Å². The summed E-state index contributed by atoms with van der Waals surface area (Å²) < 4.78 is 67.3. The zero-order chi connectivity index (χ0) is 24.9. The maximum absolute atomic E-state index is 13.4. The minimum Gasteiger partial charge on any atom is -0.386 e. The fourth-order valence-electron chi connectivity index (χ4n) is 4.80. The summed E-state index contributed by atoms with van der Waals surface area (Å²) in [7, 11) is -4.36. The number of amides is 1. The van der Waals surface area contributed by atoms with Gasteiger partial charge in [-0.1, -0.05) is 24.3 Å². The molecule has 2 saturated heterocycles. The van der Waals surface area contributed by atoms with Gasteiger partial charge in [0.25, 0.3) is 0 Å². The zero-order valence-electron chi connectivity index (χ0n) is 19.0. The smallest absolute Gasteiger partial charge is 0.386 e. The number of halogens is 3. The van der Waals surface area contributed by atoms with Crippen molar-refractivity contribution < 1.29 is 31.5 Å². The van der Waals surface area contributed by atoms with Gasteiger partial charge in [-0.25, -0.2) is 8.42 Å². The van der Waals surface area contributed by atoms with Crippen LogP contribution in [0.15, 0.2) is 53.4 Å². The van der Waals surface area contributed by atoms with Crippen LogP contribution in [0.5, 0.6) is 0 Å². The molecule has 1 spiro atoms. The van der Waals surface area contributed by atoms with E-state index in [4.69, 9.17) is 0 Å². The van der Waals surface area contributed by atoms with Crippen LogP contribution in [0.1, 0.15) is 44.2 Å². The summed E-state index contributed by atoms with van der Waals surface area (Å²) in [6.45, 7) is 3.78. The number of hydrogen-bond donors (Lipinski definition) is 1. The van der Waals surface area contributed by atoms with Crippen molar-refractivity contribution in [3.63, 3.8) is 0 Å². The number of carbonyl (C=O) groups is 1. The van der Waals surface area contributed by atoms with Crippen molar-refractivity contribution in [3.8, 4) is 0 Å². The molecular formula is C24H27F3N2O4S. The molecule has 0 saturated carbocycles. The molecule has 6 nitrogen and oxygen atoms in total. The van der Waals surface area contributed by atoms with Gasteiger partial charge in [0.15, 0.2) is 0 Å². The van der Waals surface area contributed by atoms with Gasteiger partial charge in [0.2, 0.25) is 15.9 Å². The summed E-state index contributed by atoms with van der Waals surface area (Å²) in [5.74, 6) is -0.101. The molecule has 0 aromatic heterocycles. The van der Waals surface area contributed by atoms with Gasteiger partial charge in [-0.3, -0.25) is 4.79 Å². The van der Waals surface area contributed by atoms with E-state index in [1.54, 1.807) is 43.0 Å². The van der Waals surface area contributed by atoms with E-state index in [-0.39, 0.29) is 31.8 Å². The van der Waals surface area contributed by atoms with Gasteiger partial charge in [-0.15, -0.1) is 0 Å². The van der Waals surface area contributed by atoms with Gasteiger partial charge in [0, 0.05) is 25.3 Å². The van der Waals surface area contributed by atoms with Crippen LogP contribution in [0, 0.1) is 5.41 Å². The first kappa shape index (κ1) is 24.7. The number of nitrogens with zero attached hydrogens (tertiary/aromatic N) is 2. The van der Waals surface area contributed by atoms with Crippen LogP contribution in [0.3, 0.4) is 0 Å². The first-order chi connectivity index (χ1) is 15.8. The monoisotopic (exact) mass is 496 g/mol. The number of rotatable bonds is 4. The normalized spacial score (nSPS) is 19.7. The number of aliphatic hydroxyl groups is 1. The van der Waals surface area contributed by atoms with Crippen LogP contribution in [0.4, 0.5) is 18.9 Å². The first-order valence-corrected chi connectivity index (χ1v) is 12.5. The van der Waals surface area contributed by atoms with Gasteiger partial charge >= 0.3 is 6.18 Å². The molecule has 10 heteroatoms. The quantitative estimate of drug-likeness (QED) is 0.690. The molecule has 2 aromatic rings. The third-order valence-electron chi connectivity index (χ3n) is 6.89. The highest BCUT2D eigenvalue weighted by atomic mass is 32.2. The lowest BCUT2D eigenvalue weighted by atomic mass is 9.77. The molecule has 1 N–H and O–H groups in total. The Morgan fingerprint density at radius 2 is 1.47 bits per heavy atom. The molecule has 2 heterocycles. The maximum atomic E-state index is 13.4. The second-order valence-electron chi connectivity index (χ2n) is 9.49. The van der Waals surface area contributed by atoms with E-state index in [0.29, 0.717) is 18.7 Å². The van der Waals surface area contributed by atoms with Crippen molar-refractivity contribution in [3.05, 3.63) is 59.7 Å². The average Bonchev–Trinajstić information content (AvgIpc) is 3.08. The van der Waals surface area contributed by atoms with Gasteiger partial charge in [-0.2, -0.15) is 17.5 Å². The molecule has 184 valence electrons. The second-order valence-corrected chi connectivity index (χ2v) is 11.4. The number of sulfonamides is 1. The molecule has 0 aliphatic carbocycles. The van der Waals surface area contributed by atoms with Crippen LogP contribution in [-0.2, 0) is 26.6 Å². The number of anilines is 1. The summed E-state index contributed by atoms with van der Waals surface area (Å²) in [5, 5.41) is 10.1. The van der Waals surface area contributed by atoms with Crippen molar-refractivity contribution in [1.82, 2.24) is 4.31 Å². The highest BCUT2D eigenvalue weighted by molar-refractivity contribution is 7.89. The fraction of sp³-hybridized carbons (Fsp3) is 0.458. The predicted octanol–water partition coefficient (Wildman–Crippen LogP) is 4.14. The van der Waals surface area contributed by atoms with Gasteiger partial charge < -0.3 is 10.0 Å². The number of carbonyl (C=O) groups excluding carboxylic acids is 1. The molecule has 2 aromatic carbocycles. The van der Waals surface area contributed by atoms with Crippen LogP contribution in [0.2, 0.25) is 0 Å². The summed E-state index contributed by atoms with van der Waals surface area (Å²) in [6, 6.07) is 11.3. The Hall–Kier alpha value is -2.43. The molecule has 0 bridgehead atoms. The molecule has 34 heavy (non-hydrogen) atoms. The maximum Gasteiger partial charge on any atom is 0.417 e. The van der Waals surface area contributed by atoms with Crippen LogP contribution < -0.4 is 4.90 Å². The van der Waals surface area contributed by atoms with Crippen LogP contribution in [-0.4, -0.2) is 43.4 Å². The lowest BCUT2D eigenvalue weighted by Gasteiger charge is -2.37. The number of alkyl halides is 3. The third-order valence-corrected chi connectivity index (χ3v) is 8.84. The predicted molar refractivity (Wildman–Crippen MR) is 121 cm³/mol. The SMILES string of the molecule is CC(C)(O)c1ccc(N2CCC3(CCN(S(=O)(=O)c4ccccc4C(F)(F)F)CC3)C2=O)cc1. The largest absolute Gasteiger partial charge is 0.417 e. The molecule has 1 amide bonds. The standard InChI is InChI=1S/C24H27F3N2O4S/c1-22(2,31)17-7-9-18(10-8-17)29-16-13-23(21(29)30)11-14-28(15-12-23)34(32,33)20-6-4-3-5-19(20)24(25,26)27/h3-10,31H,11-16H2,1-2H3. The van der Waals surface area contributed by atoms with Gasteiger partial charge in [0.1, 0.15) is 0 Å². The van der Waals surface area contributed by atoms with E-state index in [2.05, 4.69) is 0 Å². The average molecular weight is 497 g/mol. The van der Waals surface area contributed by atoms with Gasteiger partial charge in [-0.05, 0) is 62.9 Å². The summed E-state index contributed by atoms with van der Waals surface area (Å²) in [6.07, 6.45) is -3.75. The summed E-state index contributed by atoms with van der Waals surface area (Å²) in [5.41, 5.74) is -1.50. The van der Waals surface area contributed by atoms with Crippen LogP contribution >= 0.6 is 0 Å². The zero-order valence-corrected chi connectivity index (χ0v) is 19.8. The molecule has 4 rings (SSSR count). The third kappa shape index (κ3) is 4.34. The van der Waals surface area contributed by atoms with E-state index < -0.39 is 37.7 Å². The first-order valence-electron chi connectivity index (χ1n) is 11.1. The van der Waals surface area contributed by atoms with Crippen molar-refractivity contribution in [2.24, 2.45) is 5.41 Å². The second kappa shape index (κ2) is 8.35. The topological polar surface area (TPSA) is 77.9 Å².